The lowest BCUT2D eigenvalue weighted by Crippen LogP contribution is -2.39. The number of benzene rings is 1. The molecule has 1 N–H and O–H groups in total. The molecule has 1 heterocycles. The number of hydrogen-bond donors (Lipinski definition) is 1. The summed E-state index contributed by atoms with van der Waals surface area (Å²) in [4.78, 5) is 2.41. The van der Waals surface area contributed by atoms with Crippen molar-refractivity contribution in [3.05, 3.63) is 23.8 Å². The third-order valence-electron chi connectivity index (χ3n) is 3.68. The van der Waals surface area contributed by atoms with Crippen LogP contribution in [0.5, 0.6) is 11.5 Å². The number of methoxy groups -OCH3 is 1. The van der Waals surface area contributed by atoms with Gasteiger partial charge < -0.3 is 9.84 Å². The van der Waals surface area contributed by atoms with Crippen LogP contribution in [-0.2, 0) is 6.54 Å². The van der Waals surface area contributed by atoms with E-state index in [2.05, 4.69) is 18.7 Å². The lowest BCUT2D eigenvalue weighted by molar-refractivity contribution is 0.111. The third-order valence-corrected chi connectivity index (χ3v) is 3.68. The summed E-state index contributed by atoms with van der Waals surface area (Å²) in [5, 5.41) is 10.1. The number of hydrogen-bond acceptors (Lipinski definition) is 3. The van der Waals surface area contributed by atoms with Crippen LogP contribution in [0.2, 0.25) is 0 Å². The zero-order chi connectivity index (χ0) is 13.2. The fourth-order valence-electron chi connectivity index (χ4n) is 2.78. The second-order valence-corrected chi connectivity index (χ2v) is 5.95. The van der Waals surface area contributed by atoms with Crippen molar-refractivity contribution in [3.8, 4) is 11.5 Å². The van der Waals surface area contributed by atoms with Crippen LogP contribution in [0, 0.1) is 5.41 Å². The van der Waals surface area contributed by atoms with Crippen LogP contribution in [-0.4, -0.2) is 30.2 Å². The van der Waals surface area contributed by atoms with Gasteiger partial charge in [0.15, 0.2) is 11.5 Å². The van der Waals surface area contributed by atoms with Gasteiger partial charge >= 0.3 is 0 Å². The van der Waals surface area contributed by atoms with Crippen molar-refractivity contribution in [1.82, 2.24) is 4.90 Å². The van der Waals surface area contributed by atoms with Gasteiger partial charge in [0.05, 0.1) is 7.11 Å². The highest BCUT2D eigenvalue weighted by Crippen LogP contribution is 2.33. The number of rotatable bonds is 3. The summed E-state index contributed by atoms with van der Waals surface area (Å²) in [5.41, 5.74) is 1.33. The van der Waals surface area contributed by atoms with Crippen molar-refractivity contribution in [2.75, 3.05) is 20.2 Å². The summed E-state index contributed by atoms with van der Waals surface area (Å²) in [6, 6.07) is 5.70. The summed E-state index contributed by atoms with van der Waals surface area (Å²) in [5.74, 6) is 0.840. The minimum absolute atomic E-state index is 0.281. The molecule has 1 aromatic rings. The second-order valence-electron chi connectivity index (χ2n) is 5.95. The van der Waals surface area contributed by atoms with Gasteiger partial charge in [0.1, 0.15) is 0 Å². The maximum absolute atomic E-state index is 10.1. The van der Waals surface area contributed by atoms with Crippen molar-refractivity contribution in [3.63, 3.8) is 0 Å². The zero-order valence-corrected chi connectivity index (χ0v) is 11.6. The fourth-order valence-corrected chi connectivity index (χ4v) is 2.78. The molecule has 3 heteroatoms. The third kappa shape index (κ3) is 2.96. The van der Waals surface area contributed by atoms with Gasteiger partial charge in [0.25, 0.3) is 0 Å². The second kappa shape index (κ2) is 5.19. The minimum atomic E-state index is 0.281. The summed E-state index contributed by atoms with van der Waals surface area (Å²) >= 11 is 0. The normalized spacial score (nSPS) is 19.7. The summed E-state index contributed by atoms with van der Waals surface area (Å²) < 4.78 is 5.15. The number of phenolic OH excluding ortho intramolecular Hbond substituents is 1. The molecule has 1 aliphatic rings. The Hall–Kier alpha value is -1.22. The Kier molecular flexibility index (Phi) is 3.81. The highest BCUT2D eigenvalue weighted by Gasteiger charge is 2.26. The lowest BCUT2D eigenvalue weighted by Gasteiger charge is -2.38. The monoisotopic (exact) mass is 249 g/mol. The number of nitrogens with zero attached hydrogens (tertiary/aromatic N) is 1. The lowest BCUT2D eigenvalue weighted by atomic mass is 9.84. The molecular formula is C15H23NO2. The quantitative estimate of drug-likeness (QED) is 0.893. The Morgan fingerprint density at radius 1 is 1.39 bits per heavy atom. The number of phenols is 1. The van der Waals surface area contributed by atoms with E-state index in [0.29, 0.717) is 11.2 Å². The molecule has 1 aliphatic heterocycles. The number of ether oxygens (including phenoxy) is 1. The van der Waals surface area contributed by atoms with Gasteiger partial charge in [-0.25, -0.2) is 0 Å². The molecule has 2 rings (SSSR count). The topological polar surface area (TPSA) is 32.7 Å². The van der Waals surface area contributed by atoms with Crippen molar-refractivity contribution in [2.45, 2.75) is 33.2 Å². The Bertz CT molecular complexity index is 415. The van der Waals surface area contributed by atoms with E-state index in [1.807, 2.05) is 12.1 Å². The van der Waals surface area contributed by atoms with Crippen LogP contribution in [0.1, 0.15) is 32.3 Å². The van der Waals surface area contributed by atoms with Gasteiger partial charge in [-0.05, 0) is 30.9 Å². The molecule has 0 radical (unpaired) electrons. The molecule has 0 spiro atoms. The predicted molar refractivity (Wildman–Crippen MR) is 73.0 cm³/mol. The van der Waals surface area contributed by atoms with Crippen LogP contribution >= 0.6 is 0 Å². The van der Waals surface area contributed by atoms with Gasteiger partial charge in [-0.1, -0.05) is 26.0 Å². The van der Waals surface area contributed by atoms with E-state index in [-0.39, 0.29) is 5.75 Å². The molecule has 3 nitrogen and oxygen atoms in total. The molecule has 0 amide bonds. The molecule has 0 aromatic heterocycles. The first-order valence-electron chi connectivity index (χ1n) is 6.59. The standard InChI is InChI=1S/C15H23NO2/c1-15(2)8-5-9-16(11-15)10-12-6-4-7-13(18-3)14(12)17/h4,6-7,17H,5,8-11H2,1-3H3. The molecule has 0 unspecified atom stereocenters. The van der Waals surface area contributed by atoms with Gasteiger partial charge in [-0.2, -0.15) is 0 Å². The number of aromatic hydroxyl groups is 1. The van der Waals surface area contributed by atoms with E-state index in [9.17, 15) is 5.11 Å². The van der Waals surface area contributed by atoms with Crippen molar-refractivity contribution < 1.29 is 9.84 Å². The highest BCUT2D eigenvalue weighted by atomic mass is 16.5. The first-order chi connectivity index (χ1) is 8.52. The molecule has 1 fully saturated rings. The molecule has 0 atom stereocenters. The van der Waals surface area contributed by atoms with Crippen LogP contribution in [0.25, 0.3) is 0 Å². The summed E-state index contributed by atoms with van der Waals surface area (Å²) in [7, 11) is 1.59. The summed E-state index contributed by atoms with van der Waals surface area (Å²) in [6.07, 6.45) is 2.52. The largest absolute Gasteiger partial charge is 0.504 e. The Morgan fingerprint density at radius 2 is 2.17 bits per heavy atom. The average Bonchev–Trinajstić information content (AvgIpc) is 2.31. The van der Waals surface area contributed by atoms with E-state index in [4.69, 9.17) is 4.74 Å². The minimum Gasteiger partial charge on any atom is -0.504 e. The first kappa shape index (κ1) is 13.2. The molecule has 100 valence electrons. The fraction of sp³-hybridized carbons (Fsp3) is 0.600. The Morgan fingerprint density at radius 3 is 2.83 bits per heavy atom. The molecular weight excluding hydrogens is 226 g/mol. The molecule has 0 aliphatic carbocycles. The maximum atomic E-state index is 10.1. The van der Waals surface area contributed by atoms with Crippen molar-refractivity contribution in [1.29, 1.82) is 0 Å². The van der Waals surface area contributed by atoms with E-state index in [1.54, 1.807) is 13.2 Å². The summed E-state index contributed by atoms with van der Waals surface area (Å²) in [6.45, 7) is 7.62. The molecule has 0 bridgehead atoms. The van der Waals surface area contributed by atoms with E-state index >= 15 is 0 Å². The van der Waals surface area contributed by atoms with Crippen LogP contribution < -0.4 is 4.74 Å². The SMILES string of the molecule is COc1cccc(CN2CCCC(C)(C)C2)c1O. The highest BCUT2D eigenvalue weighted by molar-refractivity contribution is 5.45. The van der Waals surface area contributed by atoms with Gasteiger partial charge in [0, 0.05) is 18.7 Å². The zero-order valence-electron chi connectivity index (χ0n) is 11.6. The predicted octanol–water partition coefficient (Wildman–Crippen LogP) is 3.02. The molecule has 18 heavy (non-hydrogen) atoms. The van der Waals surface area contributed by atoms with Crippen LogP contribution in [0.15, 0.2) is 18.2 Å². The first-order valence-corrected chi connectivity index (χ1v) is 6.59. The smallest absolute Gasteiger partial charge is 0.162 e. The van der Waals surface area contributed by atoms with Crippen LogP contribution in [0.4, 0.5) is 0 Å². The molecule has 1 aromatic carbocycles. The number of likely N-dealkylation sites (tertiary alicyclic amines) is 1. The Balaban J connectivity index is 2.09. The van der Waals surface area contributed by atoms with E-state index < -0.39 is 0 Å². The van der Waals surface area contributed by atoms with Gasteiger partial charge in [-0.15, -0.1) is 0 Å². The van der Waals surface area contributed by atoms with Crippen molar-refractivity contribution in [2.24, 2.45) is 5.41 Å². The van der Waals surface area contributed by atoms with Crippen LogP contribution in [0.3, 0.4) is 0 Å². The number of piperidine rings is 1. The molecule has 1 saturated heterocycles. The average molecular weight is 249 g/mol. The number of para-hydroxylation sites is 1. The van der Waals surface area contributed by atoms with Gasteiger partial charge in [-0.3, -0.25) is 4.90 Å². The van der Waals surface area contributed by atoms with E-state index in [1.165, 1.54) is 12.8 Å². The van der Waals surface area contributed by atoms with Crippen molar-refractivity contribution >= 4 is 0 Å². The maximum Gasteiger partial charge on any atom is 0.162 e. The molecule has 0 saturated carbocycles. The Labute approximate surface area is 109 Å². The van der Waals surface area contributed by atoms with Gasteiger partial charge in [0.2, 0.25) is 0 Å². The van der Waals surface area contributed by atoms with E-state index in [0.717, 1.165) is 25.2 Å².